The molecule has 0 aliphatic rings. The summed E-state index contributed by atoms with van der Waals surface area (Å²) in [4.78, 5) is 34.5. The minimum absolute atomic E-state index is 0.0320. The Kier molecular flexibility index (Phi) is 7.41. The number of halogens is 3. The van der Waals surface area contributed by atoms with Crippen LogP contribution in [0.4, 0.5) is 13.2 Å². The van der Waals surface area contributed by atoms with Crippen molar-refractivity contribution < 1.29 is 32.3 Å². The maximum absolute atomic E-state index is 12.4. The molecule has 0 aliphatic carbocycles. The fraction of sp³-hybridized carbons (Fsp3) is 0.438. The van der Waals surface area contributed by atoms with E-state index in [4.69, 9.17) is 0 Å². The molecule has 6 nitrogen and oxygen atoms in total. The van der Waals surface area contributed by atoms with Crippen molar-refractivity contribution >= 4 is 17.8 Å². The lowest BCUT2D eigenvalue weighted by Gasteiger charge is -2.09. The van der Waals surface area contributed by atoms with Gasteiger partial charge in [0.15, 0.2) is 6.61 Å². The number of ether oxygens (including phenoxy) is 1. The molecule has 0 fully saturated rings. The van der Waals surface area contributed by atoms with Crippen LogP contribution in [0.2, 0.25) is 0 Å². The van der Waals surface area contributed by atoms with Crippen molar-refractivity contribution in [1.82, 2.24) is 10.6 Å². The molecule has 1 rings (SSSR count). The number of amides is 2. The summed E-state index contributed by atoms with van der Waals surface area (Å²) in [6, 6.07) is 3.55. The lowest BCUT2D eigenvalue weighted by Crippen LogP contribution is -2.35. The summed E-state index contributed by atoms with van der Waals surface area (Å²) in [5.41, 5.74) is -0.911. The highest BCUT2D eigenvalue weighted by Crippen LogP contribution is 2.28. The minimum Gasteiger partial charge on any atom is -0.454 e. The zero-order chi connectivity index (χ0) is 19.0. The first-order chi connectivity index (χ1) is 11.6. The maximum atomic E-state index is 12.4. The first-order valence-corrected chi connectivity index (χ1v) is 7.47. The van der Waals surface area contributed by atoms with E-state index in [1.54, 1.807) is 0 Å². The number of carbonyl (C=O) groups excluding carboxylic acids is 3. The van der Waals surface area contributed by atoms with Crippen LogP contribution in [0.3, 0.4) is 0 Å². The fourth-order valence-corrected chi connectivity index (χ4v) is 1.63. The van der Waals surface area contributed by atoms with E-state index in [-0.39, 0.29) is 11.5 Å². The Hall–Kier alpha value is -2.58. The molecule has 0 aliphatic heterocycles. The highest BCUT2D eigenvalue weighted by Gasteiger charge is 2.30. The first-order valence-electron chi connectivity index (χ1n) is 7.47. The zero-order valence-corrected chi connectivity index (χ0v) is 13.8. The van der Waals surface area contributed by atoms with Gasteiger partial charge in [0.25, 0.3) is 11.8 Å². The van der Waals surface area contributed by atoms with E-state index in [0.29, 0.717) is 6.54 Å². The number of esters is 1. The number of alkyl halides is 3. The molecule has 138 valence electrons. The summed E-state index contributed by atoms with van der Waals surface area (Å²) in [6.07, 6.45) is -4.49. The third-order valence-corrected chi connectivity index (χ3v) is 2.94. The standard InChI is InChI=1S/C16H19F3N2O4/c1-10(2)7-20-13(22)9-25-14(23)8-21-15(24)11-3-5-12(6-4-11)16(17,18)19/h3-6,10H,7-9H2,1-2H3,(H,20,22)(H,21,24). The number of rotatable bonds is 7. The Balaban J connectivity index is 2.38. The van der Waals surface area contributed by atoms with Gasteiger partial charge in [-0.05, 0) is 30.2 Å². The molecule has 0 heterocycles. The Morgan fingerprint density at radius 1 is 1.08 bits per heavy atom. The van der Waals surface area contributed by atoms with Crippen LogP contribution < -0.4 is 10.6 Å². The van der Waals surface area contributed by atoms with E-state index < -0.39 is 42.7 Å². The molecule has 2 N–H and O–H groups in total. The van der Waals surface area contributed by atoms with Gasteiger partial charge in [-0.1, -0.05) is 13.8 Å². The maximum Gasteiger partial charge on any atom is 0.416 e. The summed E-state index contributed by atoms with van der Waals surface area (Å²) in [5, 5.41) is 4.75. The quantitative estimate of drug-likeness (QED) is 0.726. The summed E-state index contributed by atoms with van der Waals surface area (Å²) in [6.45, 7) is 3.28. The molecule has 0 saturated heterocycles. The van der Waals surface area contributed by atoms with Gasteiger partial charge < -0.3 is 15.4 Å². The van der Waals surface area contributed by atoms with E-state index in [1.807, 2.05) is 13.8 Å². The molecule has 0 radical (unpaired) electrons. The minimum atomic E-state index is -4.49. The van der Waals surface area contributed by atoms with Crippen molar-refractivity contribution in [3.05, 3.63) is 35.4 Å². The topological polar surface area (TPSA) is 84.5 Å². The number of benzene rings is 1. The summed E-state index contributed by atoms with van der Waals surface area (Å²) < 4.78 is 42.0. The van der Waals surface area contributed by atoms with Crippen LogP contribution in [-0.4, -0.2) is 37.5 Å². The van der Waals surface area contributed by atoms with Gasteiger partial charge in [0, 0.05) is 12.1 Å². The lowest BCUT2D eigenvalue weighted by molar-refractivity contribution is -0.147. The Morgan fingerprint density at radius 2 is 1.68 bits per heavy atom. The molecule has 2 amide bonds. The molecular formula is C16H19F3N2O4. The van der Waals surface area contributed by atoms with Crippen molar-refractivity contribution in [2.75, 3.05) is 19.7 Å². The van der Waals surface area contributed by atoms with Gasteiger partial charge >= 0.3 is 12.1 Å². The largest absolute Gasteiger partial charge is 0.454 e. The van der Waals surface area contributed by atoms with Crippen LogP contribution in [0.25, 0.3) is 0 Å². The molecule has 0 aromatic heterocycles. The van der Waals surface area contributed by atoms with Gasteiger partial charge in [0.1, 0.15) is 6.54 Å². The van der Waals surface area contributed by atoms with Crippen LogP contribution >= 0.6 is 0 Å². The molecule has 9 heteroatoms. The van der Waals surface area contributed by atoms with Crippen LogP contribution in [-0.2, 0) is 20.5 Å². The second-order valence-corrected chi connectivity index (χ2v) is 5.62. The number of nitrogens with one attached hydrogen (secondary N) is 2. The summed E-state index contributed by atoms with van der Waals surface area (Å²) in [5.74, 6) is -1.77. The van der Waals surface area contributed by atoms with Crippen LogP contribution in [0.15, 0.2) is 24.3 Å². The molecular weight excluding hydrogens is 341 g/mol. The van der Waals surface area contributed by atoms with Crippen LogP contribution in [0.1, 0.15) is 29.8 Å². The Bertz CT molecular complexity index is 613. The monoisotopic (exact) mass is 360 g/mol. The second kappa shape index (κ2) is 9.05. The van der Waals surface area contributed by atoms with Crippen LogP contribution in [0, 0.1) is 5.92 Å². The molecule has 0 spiro atoms. The smallest absolute Gasteiger partial charge is 0.416 e. The number of hydrogen-bond acceptors (Lipinski definition) is 4. The average molecular weight is 360 g/mol. The molecule has 0 bridgehead atoms. The van der Waals surface area contributed by atoms with Gasteiger partial charge in [-0.2, -0.15) is 13.2 Å². The van der Waals surface area contributed by atoms with E-state index in [9.17, 15) is 27.6 Å². The SMILES string of the molecule is CC(C)CNC(=O)COC(=O)CNC(=O)c1ccc(C(F)(F)F)cc1. The van der Waals surface area contributed by atoms with Gasteiger partial charge in [0.2, 0.25) is 0 Å². The average Bonchev–Trinajstić information content (AvgIpc) is 2.55. The second-order valence-electron chi connectivity index (χ2n) is 5.62. The first kappa shape index (κ1) is 20.5. The van der Waals surface area contributed by atoms with Gasteiger partial charge in [-0.3, -0.25) is 14.4 Å². The van der Waals surface area contributed by atoms with Crippen molar-refractivity contribution in [2.45, 2.75) is 20.0 Å². The lowest BCUT2D eigenvalue weighted by atomic mass is 10.1. The van der Waals surface area contributed by atoms with Crippen molar-refractivity contribution in [3.63, 3.8) is 0 Å². The highest BCUT2D eigenvalue weighted by molar-refractivity contribution is 5.96. The van der Waals surface area contributed by atoms with E-state index in [0.717, 1.165) is 24.3 Å². The van der Waals surface area contributed by atoms with Crippen molar-refractivity contribution in [1.29, 1.82) is 0 Å². The summed E-state index contributed by atoms with van der Waals surface area (Å²) in [7, 11) is 0. The predicted molar refractivity (Wildman–Crippen MR) is 82.6 cm³/mol. The van der Waals surface area contributed by atoms with Crippen molar-refractivity contribution in [2.24, 2.45) is 5.92 Å². The number of hydrogen-bond donors (Lipinski definition) is 2. The van der Waals surface area contributed by atoms with Crippen LogP contribution in [0.5, 0.6) is 0 Å². The van der Waals surface area contributed by atoms with Crippen molar-refractivity contribution in [3.8, 4) is 0 Å². The molecule has 0 saturated carbocycles. The van der Waals surface area contributed by atoms with Gasteiger partial charge in [-0.25, -0.2) is 0 Å². The highest BCUT2D eigenvalue weighted by atomic mass is 19.4. The van der Waals surface area contributed by atoms with Gasteiger partial charge in [0.05, 0.1) is 5.56 Å². The van der Waals surface area contributed by atoms with Gasteiger partial charge in [-0.15, -0.1) is 0 Å². The fourth-order valence-electron chi connectivity index (χ4n) is 1.63. The number of carbonyl (C=O) groups is 3. The molecule has 25 heavy (non-hydrogen) atoms. The molecule has 1 aromatic rings. The molecule has 0 atom stereocenters. The normalized spacial score (nSPS) is 11.1. The molecule has 0 unspecified atom stereocenters. The van der Waals surface area contributed by atoms with E-state index >= 15 is 0 Å². The molecule has 1 aromatic carbocycles. The third-order valence-electron chi connectivity index (χ3n) is 2.94. The Morgan fingerprint density at radius 3 is 2.20 bits per heavy atom. The Labute approximate surface area is 142 Å². The zero-order valence-electron chi connectivity index (χ0n) is 13.8. The predicted octanol–water partition coefficient (Wildman–Crippen LogP) is 1.75. The van der Waals surface area contributed by atoms with E-state index in [2.05, 4.69) is 15.4 Å². The summed E-state index contributed by atoms with van der Waals surface area (Å²) >= 11 is 0. The third kappa shape index (κ3) is 7.69. The van der Waals surface area contributed by atoms with E-state index in [1.165, 1.54) is 0 Å².